The highest BCUT2D eigenvalue weighted by Gasteiger charge is 2.12. The van der Waals surface area contributed by atoms with Crippen molar-refractivity contribution in [3.05, 3.63) is 35.4 Å². The van der Waals surface area contributed by atoms with E-state index in [1.165, 1.54) is 56.1 Å². The molecule has 0 radical (unpaired) electrons. The molecule has 5 heteroatoms. The van der Waals surface area contributed by atoms with Crippen LogP contribution in [0.15, 0.2) is 24.3 Å². The minimum Gasteiger partial charge on any atom is -0.324 e. The van der Waals surface area contributed by atoms with Gasteiger partial charge in [-0.15, -0.1) is 0 Å². The summed E-state index contributed by atoms with van der Waals surface area (Å²) >= 11 is 0. The van der Waals surface area contributed by atoms with Crippen molar-refractivity contribution in [2.24, 2.45) is 0 Å². The Hall–Kier alpha value is -0.670. The highest BCUT2D eigenvalue weighted by atomic mass is 31.2. The van der Waals surface area contributed by atoms with Gasteiger partial charge in [-0.3, -0.25) is 4.57 Å². The molecule has 0 aromatic heterocycles. The molecule has 0 bridgehead atoms. The summed E-state index contributed by atoms with van der Waals surface area (Å²) in [5.74, 6) is 0. The van der Waals surface area contributed by atoms with E-state index in [4.69, 9.17) is 9.79 Å². The first kappa shape index (κ1) is 22.4. The van der Waals surface area contributed by atoms with Gasteiger partial charge in [0.25, 0.3) is 0 Å². The number of hydrogen-bond acceptors (Lipinski definition) is 2. The summed E-state index contributed by atoms with van der Waals surface area (Å²) in [6.45, 7) is 4.96. The highest BCUT2D eigenvalue weighted by Crippen LogP contribution is 2.34. The van der Waals surface area contributed by atoms with E-state index in [1.54, 1.807) is 0 Å². The second-order valence-electron chi connectivity index (χ2n) is 7.03. The minimum absolute atomic E-state index is 0.0515. The Labute approximate surface area is 153 Å². The summed E-state index contributed by atoms with van der Waals surface area (Å²) < 4.78 is 10.8. The van der Waals surface area contributed by atoms with Crippen LogP contribution in [0.4, 0.5) is 0 Å². The molecule has 1 unspecified atom stereocenters. The molecular formula is C20H36NO3P. The average Bonchev–Trinajstić information content (AvgIpc) is 2.57. The lowest BCUT2D eigenvalue weighted by Crippen LogP contribution is -2.20. The van der Waals surface area contributed by atoms with Crippen LogP contribution in [0.3, 0.4) is 0 Å². The van der Waals surface area contributed by atoms with Crippen LogP contribution < -0.4 is 5.32 Å². The van der Waals surface area contributed by atoms with Crippen LogP contribution in [-0.4, -0.2) is 22.5 Å². The molecule has 3 N–H and O–H groups in total. The standard InChI is InChI=1S/C20H36NO3P/c1-3-4-5-6-7-8-9-11-19-12-14-20(15-13-19)18(2)21-16-10-17-25(22,23)24/h12-15,18,21H,3-11,16-17H2,1-2H3,(H2,22,23,24). The highest BCUT2D eigenvalue weighted by molar-refractivity contribution is 7.51. The van der Waals surface area contributed by atoms with E-state index >= 15 is 0 Å². The molecule has 4 nitrogen and oxygen atoms in total. The van der Waals surface area contributed by atoms with Crippen molar-refractivity contribution in [3.8, 4) is 0 Å². The van der Waals surface area contributed by atoms with E-state index in [9.17, 15) is 4.57 Å². The summed E-state index contributed by atoms with van der Waals surface area (Å²) in [6.07, 6.45) is 11.0. The van der Waals surface area contributed by atoms with E-state index in [-0.39, 0.29) is 12.2 Å². The molecule has 1 atom stereocenters. The fourth-order valence-corrected chi connectivity index (χ4v) is 3.55. The molecule has 25 heavy (non-hydrogen) atoms. The normalized spacial score (nSPS) is 13.1. The van der Waals surface area contributed by atoms with E-state index in [1.807, 2.05) is 0 Å². The first-order chi connectivity index (χ1) is 11.9. The Morgan fingerprint density at radius 3 is 2.16 bits per heavy atom. The van der Waals surface area contributed by atoms with E-state index in [2.05, 4.69) is 43.4 Å². The average molecular weight is 369 g/mol. The summed E-state index contributed by atoms with van der Waals surface area (Å²) in [6, 6.07) is 8.94. The summed E-state index contributed by atoms with van der Waals surface area (Å²) in [7, 11) is -3.87. The van der Waals surface area contributed by atoms with Crippen molar-refractivity contribution in [1.29, 1.82) is 0 Å². The monoisotopic (exact) mass is 369 g/mol. The molecular weight excluding hydrogens is 333 g/mol. The van der Waals surface area contributed by atoms with Crippen molar-refractivity contribution in [2.45, 2.75) is 77.7 Å². The number of hydrogen-bond donors (Lipinski definition) is 3. The van der Waals surface area contributed by atoms with E-state index in [0.29, 0.717) is 13.0 Å². The number of unbranched alkanes of at least 4 members (excludes halogenated alkanes) is 6. The number of benzene rings is 1. The van der Waals surface area contributed by atoms with Gasteiger partial charge in [-0.2, -0.15) is 0 Å². The quantitative estimate of drug-likeness (QED) is 0.311. The van der Waals surface area contributed by atoms with Gasteiger partial charge >= 0.3 is 7.60 Å². The summed E-state index contributed by atoms with van der Waals surface area (Å²) in [4.78, 5) is 17.7. The third kappa shape index (κ3) is 11.5. The molecule has 0 saturated heterocycles. The molecule has 144 valence electrons. The molecule has 0 saturated carbocycles. The van der Waals surface area contributed by atoms with Crippen molar-refractivity contribution in [1.82, 2.24) is 5.32 Å². The molecule has 0 amide bonds. The molecule has 0 aliphatic heterocycles. The van der Waals surface area contributed by atoms with Crippen molar-refractivity contribution >= 4 is 7.60 Å². The second kappa shape index (κ2) is 12.6. The molecule has 1 aromatic rings. The number of nitrogens with one attached hydrogen (secondary N) is 1. The van der Waals surface area contributed by atoms with Gasteiger partial charge < -0.3 is 15.1 Å². The Bertz CT molecular complexity index is 498. The first-order valence-electron chi connectivity index (χ1n) is 9.79. The van der Waals surface area contributed by atoms with Crippen molar-refractivity contribution in [3.63, 3.8) is 0 Å². The Kier molecular flexibility index (Phi) is 11.3. The van der Waals surface area contributed by atoms with Crippen LogP contribution in [0.25, 0.3) is 0 Å². The number of rotatable bonds is 14. The fraction of sp³-hybridized carbons (Fsp3) is 0.700. The fourth-order valence-electron chi connectivity index (χ4n) is 2.98. The zero-order chi connectivity index (χ0) is 18.5. The van der Waals surface area contributed by atoms with Crippen molar-refractivity contribution < 1.29 is 14.4 Å². The van der Waals surface area contributed by atoms with Crippen LogP contribution in [0.2, 0.25) is 0 Å². The molecule has 0 fully saturated rings. The van der Waals surface area contributed by atoms with Gasteiger partial charge in [0.05, 0.1) is 6.16 Å². The largest absolute Gasteiger partial charge is 0.325 e. The zero-order valence-corrected chi connectivity index (χ0v) is 16.8. The van der Waals surface area contributed by atoms with Crippen LogP contribution >= 0.6 is 7.60 Å². The molecule has 1 aromatic carbocycles. The summed E-state index contributed by atoms with van der Waals surface area (Å²) in [5, 5.41) is 3.32. The molecule has 1 rings (SSSR count). The predicted molar refractivity (Wildman–Crippen MR) is 106 cm³/mol. The van der Waals surface area contributed by atoms with Crippen LogP contribution in [0.5, 0.6) is 0 Å². The van der Waals surface area contributed by atoms with Gasteiger partial charge in [0.1, 0.15) is 0 Å². The lowest BCUT2D eigenvalue weighted by atomic mass is 10.0. The van der Waals surface area contributed by atoms with E-state index in [0.717, 1.165) is 6.42 Å². The molecule has 0 heterocycles. The first-order valence-corrected chi connectivity index (χ1v) is 11.6. The number of aryl methyl sites for hydroxylation is 1. The van der Waals surface area contributed by atoms with Crippen LogP contribution in [0.1, 0.15) is 82.4 Å². The zero-order valence-electron chi connectivity index (χ0n) is 15.9. The van der Waals surface area contributed by atoms with Crippen molar-refractivity contribution in [2.75, 3.05) is 12.7 Å². The second-order valence-corrected chi connectivity index (χ2v) is 8.81. The maximum Gasteiger partial charge on any atom is 0.325 e. The lowest BCUT2D eigenvalue weighted by molar-refractivity contribution is 0.370. The Morgan fingerprint density at radius 1 is 0.960 bits per heavy atom. The third-order valence-corrected chi connectivity index (χ3v) is 5.52. The molecule has 0 spiro atoms. The maximum atomic E-state index is 10.8. The van der Waals surface area contributed by atoms with Gasteiger partial charge in [-0.05, 0) is 43.9 Å². The van der Waals surface area contributed by atoms with Crippen LogP contribution in [-0.2, 0) is 11.0 Å². The smallest absolute Gasteiger partial charge is 0.324 e. The SMILES string of the molecule is CCCCCCCCCc1ccc(C(C)NCCCP(=O)(O)O)cc1. The maximum absolute atomic E-state index is 10.8. The van der Waals surface area contributed by atoms with Gasteiger partial charge in [0.15, 0.2) is 0 Å². The Balaban J connectivity index is 2.20. The predicted octanol–water partition coefficient (Wildman–Crippen LogP) is 5.20. The van der Waals surface area contributed by atoms with Gasteiger partial charge in [-0.25, -0.2) is 0 Å². The van der Waals surface area contributed by atoms with E-state index < -0.39 is 7.60 Å². The van der Waals surface area contributed by atoms with Gasteiger partial charge in [0.2, 0.25) is 0 Å². The van der Waals surface area contributed by atoms with Crippen LogP contribution in [0, 0.1) is 0 Å². The molecule has 0 aliphatic rings. The minimum atomic E-state index is -3.87. The molecule has 0 aliphatic carbocycles. The van der Waals surface area contributed by atoms with Gasteiger partial charge in [-0.1, -0.05) is 69.7 Å². The van der Waals surface area contributed by atoms with Gasteiger partial charge in [0, 0.05) is 6.04 Å². The lowest BCUT2D eigenvalue weighted by Gasteiger charge is -2.15. The summed E-state index contributed by atoms with van der Waals surface area (Å²) in [5.41, 5.74) is 2.62. The third-order valence-electron chi connectivity index (χ3n) is 4.63. The Morgan fingerprint density at radius 2 is 1.56 bits per heavy atom. The topological polar surface area (TPSA) is 69.6 Å².